The second-order valence-electron chi connectivity index (χ2n) is 8.27. The third kappa shape index (κ3) is 2.84. The van der Waals surface area contributed by atoms with Crippen molar-refractivity contribution < 1.29 is 24.2 Å². The fraction of sp³-hybridized carbons (Fsp3) is 0.250. The standard InChI is InChI=1S/C24H17Br2ClO5/c1-11(12(2)28)24(30)22(29)20(27)21-17(9-13-7-15(25)3-5-18(13)31-21)23(24)10-14-8-16(26)4-6-19(14)32-23/h3-9,11,30H,10H2,1-2H3/t11-,23-,24-/m0/s1. The van der Waals surface area contributed by atoms with Crippen LogP contribution in [-0.4, -0.2) is 27.9 Å². The van der Waals surface area contributed by atoms with Crippen molar-refractivity contribution in [2.45, 2.75) is 31.5 Å². The molecule has 3 atom stereocenters. The Labute approximate surface area is 206 Å². The molecule has 8 heteroatoms. The number of rotatable bonds is 2. The van der Waals surface area contributed by atoms with Crippen LogP contribution in [0.1, 0.15) is 25.0 Å². The van der Waals surface area contributed by atoms with Crippen LogP contribution in [0.25, 0.3) is 6.08 Å². The minimum absolute atomic E-state index is 0.138. The Kier molecular flexibility index (Phi) is 4.98. The minimum atomic E-state index is -2.23. The molecular formula is C24H17Br2ClO5. The molecule has 2 aromatic carbocycles. The first kappa shape index (κ1) is 21.9. The molecule has 0 fully saturated rings. The van der Waals surface area contributed by atoms with Crippen LogP contribution in [0, 0.1) is 5.92 Å². The molecule has 1 N–H and O–H groups in total. The van der Waals surface area contributed by atoms with Gasteiger partial charge in [0.25, 0.3) is 0 Å². The van der Waals surface area contributed by atoms with Gasteiger partial charge in [-0.15, -0.1) is 0 Å². The third-order valence-electron chi connectivity index (χ3n) is 6.51. The lowest BCUT2D eigenvalue weighted by atomic mass is 9.61. The summed E-state index contributed by atoms with van der Waals surface area (Å²) in [6.45, 7) is 2.86. The summed E-state index contributed by atoms with van der Waals surface area (Å²) in [4.78, 5) is 26.1. The topological polar surface area (TPSA) is 72.8 Å². The molecule has 32 heavy (non-hydrogen) atoms. The molecule has 0 unspecified atom stereocenters. The van der Waals surface area contributed by atoms with E-state index >= 15 is 0 Å². The summed E-state index contributed by atoms with van der Waals surface area (Å²) < 4.78 is 14.2. The zero-order chi connectivity index (χ0) is 23.0. The van der Waals surface area contributed by atoms with Gasteiger partial charge in [-0.2, -0.15) is 0 Å². The van der Waals surface area contributed by atoms with Gasteiger partial charge in [-0.3, -0.25) is 9.59 Å². The van der Waals surface area contributed by atoms with Crippen LogP contribution in [0.5, 0.6) is 11.5 Å². The number of carbonyl (C=O) groups excluding carboxylic acids is 2. The molecule has 3 aliphatic rings. The van der Waals surface area contributed by atoms with Gasteiger partial charge in [-0.1, -0.05) is 50.4 Å². The summed E-state index contributed by atoms with van der Waals surface area (Å²) in [5.74, 6) is -1.03. The maximum atomic E-state index is 13.6. The highest BCUT2D eigenvalue weighted by Crippen LogP contribution is 2.57. The molecule has 164 valence electrons. The number of hydrogen-bond acceptors (Lipinski definition) is 5. The van der Waals surface area contributed by atoms with Gasteiger partial charge < -0.3 is 14.6 Å². The summed E-state index contributed by atoms with van der Waals surface area (Å²) in [5.41, 5.74) is -1.87. The Morgan fingerprint density at radius 3 is 2.50 bits per heavy atom. The largest absolute Gasteiger partial charge is 0.478 e. The molecule has 0 saturated carbocycles. The van der Waals surface area contributed by atoms with Crippen molar-refractivity contribution >= 4 is 61.1 Å². The second kappa shape index (κ2) is 7.29. The monoisotopic (exact) mass is 578 g/mol. The lowest BCUT2D eigenvalue weighted by Gasteiger charge is -2.50. The Bertz CT molecular complexity index is 1280. The smallest absolute Gasteiger partial charge is 0.214 e. The van der Waals surface area contributed by atoms with E-state index in [9.17, 15) is 14.7 Å². The predicted molar refractivity (Wildman–Crippen MR) is 127 cm³/mol. The molecule has 5 nitrogen and oxygen atoms in total. The van der Waals surface area contributed by atoms with Gasteiger partial charge >= 0.3 is 0 Å². The SMILES string of the molecule is CC(=O)[C@H](C)[C@]1(O)C(=O)C(Cl)=C2Oc3ccc(Br)cc3C=C2[C@@]12Cc1cc(Br)ccc1O2. The lowest BCUT2D eigenvalue weighted by Crippen LogP contribution is -2.70. The van der Waals surface area contributed by atoms with Crippen LogP contribution in [0.2, 0.25) is 0 Å². The van der Waals surface area contributed by atoms with Crippen molar-refractivity contribution in [1.29, 1.82) is 0 Å². The zero-order valence-electron chi connectivity index (χ0n) is 17.0. The molecular weight excluding hydrogens is 564 g/mol. The Balaban J connectivity index is 1.83. The van der Waals surface area contributed by atoms with Gasteiger partial charge in [-0.05, 0) is 55.0 Å². The van der Waals surface area contributed by atoms with Crippen molar-refractivity contribution in [3.8, 4) is 11.5 Å². The number of Topliss-reactive ketones (excluding diaryl/α,β-unsaturated/α-hetero) is 2. The van der Waals surface area contributed by atoms with Crippen LogP contribution in [0.15, 0.2) is 61.7 Å². The van der Waals surface area contributed by atoms with Gasteiger partial charge in [0.05, 0.1) is 5.92 Å². The summed E-state index contributed by atoms with van der Waals surface area (Å²) in [6.07, 6.45) is 1.97. The van der Waals surface area contributed by atoms with Gasteiger partial charge in [0.2, 0.25) is 5.78 Å². The maximum absolute atomic E-state index is 13.6. The minimum Gasteiger partial charge on any atom is -0.478 e. The maximum Gasteiger partial charge on any atom is 0.214 e. The van der Waals surface area contributed by atoms with E-state index in [1.165, 1.54) is 13.8 Å². The predicted octanol–water partition coefficient (Wildman–Crippen LogP) is 5.35. The van der Waals surface area contributed by atoms with Gasteiger partial charge in [0.15, 0.2) is 17.0 Å². The van der Waals surface area contributed by atoms with Crippen molar-refractivity contribution in [2.75, 3.05) is 0 Å². The second-order valence-corrected chi connectivity index (χ2v) is 10.5. The Morgan fingerprint density at radius 2 is 1.81 bits per heavy atom. The number of carbonyl (C=O) groups is 2. The number of fused-ring (bicyclic) bond motifs is 4. The van der Waals surface area contributed by atoms with Crippen LogP contribution in [0.3, 0.4) is 0 Å². The van der Waals surface area contributed by atoms with E-state index < -0.39 is 22.9 Å². The molecule has 0 aromatic heterocycles. The molecule has 0 saturated heterocycles. The number of aliphatic hydroxyl groups is 1. The average Bonchev–Trinajstić information content (AvgIpc) is 3.15. The van der Waals surface area contributed by atoms with E-state index in [0.29, 0.717) is 17.1 Å². The number of halogens is 3. The highest BCUT2D eigenvalue weighted by molar-refractivity contribution is 9.10. The Hall–Kier alpha value is -1.93. The van der Waals surface area contributed by atoms with Gasteiger partial charge in [0, 0.05) is 26.5 Å². The first-order valence-corrected chi connectivity index (χ1v) is 11.9. The molecule has 5 rings (SSSR count). The first-order valence-electron chi connectivity index (χ1n) is 9.93. The molecule has 0 radical (unpaired) electrons. The lowest BCUT2D eigenvalue weighted by molar-refractivity contribution is -0.171. The number of ketones is 2. The van der Waals surface area contributed by atoms with Crippen molar-refractivity contribution in [2.24, 2.45) is 5.92 Å². The molecule has 0 bridgehead atoms. The van der Waals surface area contributed by atoms with Crippen LogP contribution in [0.4, 0.5) is 0 Å². The average molecular weight is 581 g/mol. The fourth-order valence-electron chi connectivity index (χ4n) is 4.71. The third-order valence-corrected chi connectivity index (χ3v) is 7.84. The van der Waals surface area contributed by atoms with E-state index in [2.05, 4.69) is 31.9 Å². The number of hydrogen-bond donors (Lipinski definition) is 1. The van der Waals surface area contributed by atoms with Crippen molar-refractivity contribution in [3.63, 3.8) is 0 Å². The van der Waals surface area contributed by atoms with E-state index in [4.69, 9.17) is 21.1 Å². The van der Waals surface area contributed by atoms with Crippen LogP contribution in [-0.2, 0) is 16.0 Å². The van der Waals surface area contributed by atoms with E-state index in [1.54, 1.807) is 12.1 Å². The fourth-order valence-corrected chi connectivity index (χ4v) is 5.79. The first-order chi connectivity index (χ1) is 15.1. The van der Waals surface area contributed by atoms with E-state index in [0.717, 1.165) is 20.1 Å². The number of ether oxygens (including phenoxy) is 2. The summed E-state index contributed by atoms with van der Waals surface area (Å²) >= 11 is 13.4. The zero-order valence-corrected chi connectivity index (χ0v) is 21.0. The van der Waals surface area contributed by atoms with Crippen molar-refractivity contribution in [1.82, 2.24) is 0 Å². The molecule has 0 amide bonds. The van der Waals surface area contributed by atoms with Crippen LogP contribution >= 0.6 is 43.5 Å². The highest BCUT2D eigenvalue weighted by Gasteiger charge is 2.69. The summed E-state index contributed by atoms with van der Waals surface area (Å²) in [7, 11) is 0. The van der Waals surface area contributed by atoms with E-state index in [-0.39, 0.29) is 23.0 Å². The van der Waals surface area contributed by atoms with Gasteiger partial charge in [-0.25, -0.2) is 0 Å². The molecule has 2 aliphatic heterocycles. The summed E-state index contributed by atoms with van der Waals surface area (Å²) in [6, 6.07) is 10.9. The molecule has 2 heterocycles. The normalized spacial score (nSPS) is 26.6. The molecule has 1 spiro atoms. The highest BCUT2D eigenvalue weighted by atomic mass is 79.9. The summed E-state index contributed by atoms with van der Waals surface area (Å²) in [5, 5.41) is 11.8. The van der Waals surface area contributed by atoms with E-state index in [1.807, 2.05) is 30.3 Å². The molecule has 1 aliphatic carbocycles. The molecule has 2 aromatic rings. The Morgan fingerprint density at radius 1 is 1.16 bits per heavy atom. The van der Waals surface area contributed by atoms with Crippen molar-refractivity contribution in [3.05, 3.63) is 72.8 Å². The number of benzene rings is 2. The van der Waals surface area contributed by atoms with Crippen LogP contribution < -0.4 is 9.47 Å². The van der Waals surface area contributed by atoms with Gasteiger partial charge in [0.1, 0.15) is 22.3 Å². The quantitative estimate of drug-likeness (QED) is 0.519.